The molecule has 1 saturated heterocycles. The zero-order valence-corrected chi connectivity index (χ0v) is 19.3. The summed E-state index contributed by atoms with van der Waals surface area (Å²) in [4.78, 5) is 4.61. The van der Waals surface area contributed by atoms with Crippen LogP contribution in [0.2, 0.25) is 5.02 Å². The Morgan fingerprint density at radius 2 is 1.67 bits per heavy atom. The minimum Gasteiger partial charge on any atom is -0.497 e. The number of β-amino-alcohol motifs (C(OH)–C–C–N with tert-alkyl or cyclic N) is 1. The van der Waals surface area contributed by atoms with E-state index < -0.39 is 11.9 Å². The van der Waals surface area contributed by atoms with Gasteiger partial charge in [0.15, 0.2) is 0 Å². The molecule has 0 bridgehead atoms. The minimum atomic E-state index is -0.665. The Balaban J connectivity index is 1.31. The molecule has 0 unspecified atom stereocenters. The van der Waals surface area contributed by atoms with Gasteiger partial charge in [-0.1, -0.05) is 41.9 Å². The van der Waals surface area contributed by atoms with Gasteiger partial charge in [-0.05, 0) is 35.9 Å². The first-order valence-electron chi connectivity index (χ1n) is 11.0. The molecule has 1 atom stereocenters. The predicted molar refractivity (Wildman–Crippen MR) is 130 cm³/mol. The van der Waals surface area contributed by atoms with E-state index >= 15 is 0 Å². The van der Waals surface area contributed by atoms with Gasteiger partial charge in [-0.2, -0.15) is 0 Å². The molecule has 0 spiro atoms. The summed E-state index contributed by atoms with van der Waals surface area (Å²) in [5, 5.41) is 10.4. The second kappa shape index (κ2) is 10.9. The summed E-state index contributed by atoms with van der Waals surface area (Å²) in [6.07, 6.45) is -0.665. The standard InChI is InChI=1S/C26H28ClFN2O3/c1-32-21-8-6-19(7-9-21)23-4-2-3-5-26(23)30-14-12-29(13-15-30)17-20(31)18-33-22-10-11-24(27)25(28)16-22/h2-11,16,20,31H,12-15,17-18H2,1H3/t20-/m1/s1. The number of anilines is 1. The van der Waals surface area contributed by atoms with Gasteiger partial charge in [0.05, 0.1) is 12.1 Å². The fourth-order valence-corrected chi connectivity index (χ4v) is 4.16. The van der Waals surface area contributed by atoms with Crippen LogP contribution in [0.4, 0.5) is 10.1 Å². The van der Waals surface area contributed by atoms with Crippen molar-refractivity contribution >= 4 is 17.3 Å². The second-order valence-electron chi connectivity index (χ2n) is 8.07. The second-order valence-corrected chi connectivity index (χ2v) is 8.48. The molecule has 0 aliphatic carbocycles. The smallest absolute Gasteiger partial charge is 0.145 e. The van der Waals surface area contributed by atoms with Crippen molar-refractivity contribution < 1.29 is 19.0 Å². The number of halogens is 2. The molecule has 33 heavy (non-hydrogen) atoms. The zero-order valence-electron chi connectivity index (χ0n) is 18.6. The molecule has 0 radical (unpaired) electrons. The Kier molecular flexibility index (Phi) is 7.70. The Labute approximate surface area is 198 Å². The number of para-hydroxylation sites is 1. The van der Waals surface area contributed by atoms with E-state index in [0.29, 0.717) is 12.3 Å². The summed E-state index contributed by atoms with van der Waals surface area (Å²) < 4.78 is 24.3. The van der Waals surface area contributed by atoms with Gasteiger partial charge in [-0.15, -0.1) is 0 Å². The number of benzene rings is 3. The van der Waals surface area contributed by atoms with Crippen LogP contribution in [0, 0.1) is 5.82 Å². The highest BCUT2D eigenvalue weighted by molar-refractivity contribution is 6.30. The maximum Gasteiger partial charge on any atom is 0.145 e. The number of aliphatic hydroxyl groups excluding tert-OH is 1. The maximum absolute atomic E-state index is 13.5. The largest absolute Gasteiger partial charge is 0.497 e. The van der Waals surface area contributed by atoms with E-state index in [1.54, 1.807) is 13.2 Å². The summed E-state index contributed by atoms with van der Waals surface area (Å²) in [7, 11) is 1.67. The lowest BCUT2D eigenvalue weighted by molar-refractivity contribution is 0.0662. The van der Waals surface area contributed by atoms with E-state index in [1.807, 2.05) is 12.1 Å². The SMILES string of the molecule is COc1ccc(-c2ccccc2N2CCN(C[C@@H](O)COc3ccc(Cl)c(F)c3)CC2)cc1. The fourth-order valence-electron chi connectivity index (χ4n) is 4.05. The zero-order chi connectivity index (χ0) is 23.2. The molecule has 3 aromatic carbocycles. The molecule has 1 N–H and O–H groups in total. The summed E-state index contributed by atoms with van der Waals surface area (Å²) in [5.41, 5.74) is 3.55. The maximum atomic E-state index is 13.5. The van der Waals surface area contributed by atoms with Gasteiger partial charge >= 0.3 is 0 Å². The van der Waals surface area contributed by atoms with E-state index in [9.17, 15) is 9.50 Å². The normalized spacial score (nSPS) is 15.3. The van der Waals surface area contributed by atoms with Crippen molar-refractivity contribution in [3.8, 4) is 22.6 Å². The molecule has 1 aliphatic heterocycles. The first-order chi connectivity index (χ1) is 16.0. The number of rotatable bonds is 8. The molecule has 174 valence electrons. The number of piperazine rings is 1. The predicted octanol–water partition coefficient (Wildman–Crippen LogP) is 4.72. The molecule has 4 rings (SSSR count). The monoisotopic (exact) mass is 470 g/mol. The number of hydrogen-bond acceptors (Lipinski definition) is 5. The van der Waals surface area contributed by atoms with E-state index in [2.05, 4.69) is 46.2 Å². The summed E-state index contributed by atoms with van der Waals surface area (Å²) >= 11 is 5.69. The minimum absolute atomic E-state index is 0.0503. The topological polar surface area (TPSA) is 45.2 Å². The highest BCUT2D eigenvalue weighted by Crippen LogP contribution is 2.32. The quantitative estimate of drug-likeness (QED) is 0.516. The third kappa shape index (κ3) is 5.96. The number of nitrogens with zero attached hydrogens (tertiary/aromatic N) is 2. The van der Waals surface area contributed by atoms with E-state index in [1.165, 1.54) is 23.4 Å². The average Bonchev–Trinajstić information content (AvgIpc) is 2.85. The number of methoxy groups -OCH3 is 1. The first-order valence-corrected chi connectivity index (χ1v) is 11.4. The third-order valence-electron chi connectivity index (χ3n) is 5.82. The van der Waals surface area contributed by atoms with Gasteiger partial charge in [-0.3, -0.25) is 4.90 Å². The van der Waals surface area contributed by atoms with E-state index in [0.717, 1.165) is 37.5 Å². The van der Waals surface area contributed by atoms with Crippen LogP contribution in [0.15, 0.2) is 66.7 Å². The van der Waals surface area contributed by atoms with Crippen molar-refractivity contribution in [3.05, 3.63) is 77.6 Å². The van der Waals surface area contributed by atoms with Crippen molar-refractivity contribution in [1.82, 2.24) is 4.90 Å². The molecule has 1 aliphatic rings. The molecule has 5 nitrogen and oxygen atoms in total. The Morgan fingerprint density at radius 1 is 0.970 bits per heavy atom. The van der Waals surface area contributed by atoms with Crippen LogP contribution in [0.3, 0.4) is 0 Å². The van der Waals surface area contributed by atoms with Crippen LogP contribution in [0.5, 0.6) is 11.5 Å². The third-order valence-corrected chi connectivity index (χ3v) is 6.13. The summed E-state index contributed by atoms with van der Waals surface area (Å²) in [6.45, 7) is 4.01. The first kappa shape index (κ1) is 23.4. The van der Waals surface area contributed by atoms with Crippen LogP contribution in [0.25, 0.3) is 11.1 Å². The summed E-state index contributed by atoms with van der Waals surface area (Å²) in [5.74, 6) is 0.666. The van der Waals surface area contributed by atoms with Crippen LogP contribution in [-0.2, 0) is 0 Å². The van der Waals surface area contributed by atoms with Crippen molar-refractivity contribution in [2.45, 2.75) is 6.10 Å². The van der Waals surface area contributed by atoms with E-state index in [4.69, 9.17) is 21.1 Å². The van der Waals surface area contributed by atoms with Gasteiger partial charge in [0.2, 0.25) is 0 Å². The van der Waals surface area contributed by atoms with Crippen molar-refractivity contribution in [3.63, 3.8) is 0 Å². The Bertz CT molecular complexity index is 1060. The van der Waals surface area contributed by atoms with Gasteiger partial charge in [0.25, 0.3) is 0 Å². The van der Waals surface area contributed by atoms with Crippen molar-refractivity contribution in [2.24, 2.45) is 0 Å². The highest BCUT2D eigenvalue weighted by atomic mass is 35.5. The van der Waals surface area contributed by atoms with Crippen LogP contribution in [0.1, 0.15) is 0 Å². The molecular formula is C26H28ClFN2O3. The Hall–Kier alpha value is -2.80. The van der Waals surface area contributed by atoms with Crippen molar-refractivity contribution in [1.29, 1.82) is 0 Å². The highest BCUT2D eigenvalue weighted by Gasteiger charge is 2.21. The van der Waals surface area contributed by atoms with Gasteiger partial charge in [-0.25, -0.2) is 4.39 Å². The van der Waals surface area contributed by atoms with Gasteiger partial charge < -0.3 is 19.5 Å². The van der Waals surface area contributed by atoms with Crippen LogP contribution in [-0.4, -0.2) is 62.6 Å². The lowest BCUT2D eigenvalue weighted by atomic mass is 10.0. The molecule has 7 heteroatoms. The molecule has 1 heterocycles. The van der Waals surface area contributed by atoms with Gasteiger partial charge in [0.1, 0.15) is 30.0 Å². The van der Waals surface area contributed by atoms with Crippen LogP contribution >= 0.6 is 11.6 Å². The van der Waals surface area contributed by atoms with Gasteiger partial charge in [0, 0.05) is 50.0 Å². The summed E-state index contributed by atoms with van der Waals surface area (Å²) in [6, 6.07) is 20.8. The molecule has 1 fully saturated rings. The number of ether oxygens (including phenoxy) is 2. The molecular weight excluding hydrogens is 443 g/mol. The Morgan fingerprint density at radius 3 is 2.36 bits per heavy atom. The van der Waals surface area contributed by atoms with Crippen molar-refractivity contribution in [2.75, 3.05) is 51.3 Å². The van der Waals surface area contributed by atoms with E-state index in [-0.39, 0.29) is 11.6 Å². The number of hydrogen-bond donors (Lipinski definition) is 1. The average molecular weight is 471 g/mol. The lowest BCUT2D eigenvalue weighted by Gasteiger charge is -2.37. The molecule has 3 aromatic rings. The molecule has 0 aromatic heterocycles. The molecule has 0 amide bonds. The lowest BCUT2D eigenvalue weighted by Crippen LogP contribution is -2.49. The molecule has 0 saturated carbocycles. The fraction of sp³-hybridized carbons (Fsp3) is 0.308. The van der Waals surface area contributed by atoms with Crippen LogP contribution < -0.4 is 14.4 Å². The number of aliphatic hydroxyl groups is 1.